The summed E-state index contributed by atoms with van der Waals surface area (Å²) in [7, 11) is 0. The number of hydrogen-bond donors (Lipinski definition) is 1. The molecule has 3 nitrogen and oxygen atoms in total. The molecule has 2 N–H and O–H groups in total. The lowest BCUT2D eigenvalue weighted by molar-refractivity contribution is 0.498. The molecule has 1 aromatic heterocycles. The SMILES string of the molecule is Cc1c(Br)cccc1-n1cncc1C(N)CC(C)C. The molecule has 102 valence electrons. The number of nitrogens with zero attached hydrogens (tertiary/aromatic N) is 2. The first kappa shape index (κ1) is 14.3. The van der Waals surface area contributed by atoms with Crippen molar-refractivity contribution in [1.29, 1.82) is 0 Å². The highest BCUT2D eigenvalue weighted by atomic mass is 79.9. The van der Waals surface area contributed by atoms with Crippen molar-refractivity contribution < 1.29 is 0 Å². The van der Waals surface area contributed by atoms with E-state index in [0.717, 1.165) is 22.3 Å². The Labute approximate surface area is 123 Å². The Balaban J connectivity index is 2.41. The van der Waals surface area contributed by atoms with E-state index in [9.17, 15) is 0 Å². The number of halogens is 1. The maximum Gasteiger partial charge on any atom is 0.0994 e. The van der Waals surface area contributed by atoms with Gasteiger partial charge in [-0.15, -0.1) is 0 Å². The van der Waals surface area contributed by atoms with Gasteiger partial charge in [0.2, 0.25) is 0 Å². The van der Waals surface area contributed by atoms with Gasteiger partial charge in [0, 0.05) is 10.5 Å². The Kier molecular flexibility index (Phi) is 4.42. The fourth-order valence-electron chi connectivity index (χ4n) is 2.27. The minimum absolute atomic E-state index is 0.0147. The second-order valence-corrected chi connectivity index (χ2v) is 6.16. The molecule has 1 aromatic carbocycles. The van der Waals surface area contributed by atoms with Gasteiger partial charge < -0.3 is 10.3 Å². The highest BCUT2D eigenvalue weighted by molar-refractivity contribution is 9.10. The molecule has 2 rings (SSSR count). The van der Waals surface area contributed by atoms with Crippen molar-refractivity contribution in [1.82, 2.24) is 9.55 Å². The standard InChI is InChI=1S/C15H20BrN3/c1-10(2)7-13(17)15-8-18-9-19(15)14-6-4-5-12(16)11(14)3/h4-6,8-10,13H,7,17H2,1-3H3. The molecule has 0 amide bonds. The molecule has 0 saturated heterocycles. The van der Waals surface area contributed by atoms with Crippen molar-refractivity contribution in [3.05, 3.63) is 46.5 Å². The van der Waals surface area contributed by atoms with E-state index in [1.54, 1.807) is 0 Å². The average molecular weight is 322 g/mol. The zero-order chi connectivity index (χ0) is 14.0. The first-order chi connectivity index (χ1) is 9.00. The Hall–Kier alpha value is -1.13. The number of aromatic nitrogens is 2. The van der Waals surface area contributed by atoms with Crippen LogP contribution in [0, 0.1) is 12.8 Å². The van der Waals surface area contributed by atoms with Crippen LogP contribution >= 0.6 is 15.9 Å². The van der Waals surface area contributed by atoms with Crippen molar-refractivity contribution in [3.8, 4) is 5.69 Å². The van der Waals surface area contributed by atoms with Gasteiger partial charge in [0.25, 0.3) is 0 Å². The van der Waals surface area contributed by atoms with E-state index >= 15 is 0 Å². The molecular formula is C15H20BrN3. The third kappa shape index (κ3) is 3.07. The third-order valence-electron chi connectivity index (χ3n) is 3.27. The van der Waals surface area contributed by atoms with Crippen molar-refractivity contribution in [2.45, 2.75) is 33.2 Å². The van der Waals surface area contributed by atoms with E-state index in [-0.39, 0.29) is 6.04 Å². The summed E-state index contributed by atoms with van der Waals surface area (Å²) in [5.74, 6) is 0.571. The molecule has 0 aliphatic carbocycles. The number of rotatable bonds is 4. The Morgan fingerprint density at radius 3 is 2.79 bits per heavy atom. The highest BCUT2D eigenvalue weighted by Gasteiger charge is 2.15. The van der Waals surface area contributed by atoms with Crippen LogP contribution in [0.2, 0.25) is 0 Å². The second-order valence-electron chi connectivity index (χ2n) is 5.31. The molecule has 0 radical (unpaired) electrons. The summed E-state index contributed by atoms with van der Waals surface area (Å²) in [5, 5.41) is 0. The molecule has 0 saturated carbocycles. The molecule has 0 aliphatic heterocycles. The van der Waals surface area contributed by atoms with Gasteiger partial charge in [-0.2, -0.15) is 0 Å². The normalized spacial score (nSPS) is 12.9. The molecule has 0 spiro atoms. The summed E-state index contributed by atoms with van der Waals surface area (Å²) < 4.78 is 3.19. The van der Waals surface area contributed by atoms with Crippen molar-refractivity contribution in [2.75, 3.05) is 0 Å². The van der Waals surface area contributed by atoms with Crippen LogP contribution in [0.15, 0.2) is 35.2 Å². The molecule has 0 bridgehead atoms. The van der Waals surface area contributed by atoms with Gasteiger partial charge in [-0.25, -0.2) is 4.98 Å². The molecule has 1 heterocycles. The van der Waals surface area contributed by atoms with Crippen LogP contribution in [0.5, 0.6) is 0 Å². The summed E-state index contributed by atoms with van der Waals surface area (Å²) in [6.45, 7) is 6.47. The fourth-order valence-corrected chi connectivity index (χ4v) is 2.62. The van der Waals surface area contributed by atoms with Gasteiger partial charge in [0.15, 0.2) is 0 Å². The van der Waals surface area contributed by atoms with Crippen LogP contribution in [0.4, 0.5) is 0 Å². The van der Waals surface area contributed by atoms with Crippen molar-refractivity contribution in [2.24, 2.45) is 11.7 Å². The number of hydrogen-bond acceptors (Lipinski definition) is 2. The summed E-state index contributed by atoms with van der Waals surface area (Å²) in [5.41, 5.74) is 9.68. The predicted molar refractivity (Wildman–Crippen MR) is 82.4 cm³/mol. The van der Waals surface area contributed by atoms with Crippen molar-refractivity contribution in [3.63, 3.8) is 0 Å². The fraction of sp³-hybridized carbons (Fsp3) is 0.400. The van der Waals surface area contributed by atoms with Crippen LogP contribution in [0.25, 0.3) is 5.69 Å². The first-order valence-corrected chi connectivity index (χ1v) is 7.33. The average Bonchev–Trinajstić information content (AvgIpc) is 2.80. The lowest BCUT2D eigenvalue weighted by Crippen LogP contribution is -2.17. The lowest BCUT2D eigenvalue weighted by atomic mass is 10.0. The number of nitrogens with two attached hydrogens (primary N) is 1. The Morgan fingerprint density at radius 2 is 2.11 bits per heavy atom. The lowest BCUT2D eigenvalue weighted by Gasteiger charge is -2.18. The van der Waals surface area contributed by atoms with E-state index in [2.05, 4.69) is 52.3 Å². The quantitative estimate of drug-likeness (QED) is 0.925. The number of imidazole rings is 1. The van der Waals surface area contributed by atoms with Crippen LogP contribution in [-0.2, 0) is 0 Å². The summed E-state index contributed by atoms with van der Waals surface area (Å²) in [6.07, 6.45) is 4.66. The summed E-state index contributed by atoms with van der Waals surface area (Å²) in [6, 6.07) is 6.18. The topological polar surface area (TPSA) is 43.8 Å². The first-order valence-electron chi connectivity index (χ1n) is 6.54. The Morgan fingerprint density at radius 1 is 1.37 bits per heavy atom. The van der Waals surface area contributed by atoms with E-state index in [0.29, 0.717) is 5.92 Å². The number of benzene rings is 1. The zero-order valence-electron chi connectivity index (χ0n) is 11.6. The smallest absolute Gasteiger partial charge is 0.0994 e. The van der Waals surface area contributed by atoms with Crippen LogP contribution in [0.1, 0.15) is 37.6 Å². The van der Waals surface area contributed by atoms with Crippen molar-refractivity contribution >= 4 is 15.9 Å². The molecule has 1 atom stereocenters. The molecule has 19 heavy (non-hydrogen) atoms. The van der Waals surface area contributed by atoms with Gasteiger partial charge in [-0.1, -0.05) is 35.8 Å². The summed E-state index contributed by atoms with van der Waals surface area (Å²) >= 11 is 3.57. The van der Waals surface area contributed by atoms with Crippen LogP contribution in [0.3, 0.4) is 0 Å². The van der Waals surface area contributed by atoms with Crippen LogP contribution in [-0.4, -0.2) is 9.55 Å². The van der Waals surface area contributed by atoms with Gasteiger partial charge in [0.1, 0.15) is 0 Å². The van der Waals surface area contributed by atoms with E-state index in [1.165, 1.54) is 5.56 Å². The van der Waals surface area contributed by atoms with E-state index in [1.807, 2.05) is 24.7 Å². The predicted octanol–water partition coefficient (Wildman–Crippen LogP) is 3.99. The summed E-state index contributed by atoms with van der Waals surface area (Å²) in [4.78, 5) is 4.27. The third-order valence-corrected chi connectivity index (χ3v) is 4.13. The Bertz CT molecular complexity index is 560. The molecule has 0 fully saturated rings. The van der Waals surface area contributed by atoms with Crippen LogP contribution < -0.4 is 5.73 Å². The molecule has 4 heteroatoms. The molecular weight excluding hydrogens is 302 g/mol. The maximum atomic E-state index is 6.29. The van der Waals surface area contributed by atoms with Gasteiger partial charge in [-0.3, -0.25) is 0 Å². The minimum atomic E-state index is 0.0147. The minimum Gasteiger partial charge on any atom is -0.323 e. The van der Waals surface area contributed by atoms with E-state index in [4.69, 9.17) is 5.73 Å². The maximum absolute atomic E-state index is 6.29. The molecule has 1 unspecified atom stereocenters. The highest BCUT2D eigenvalue weighted by Crippen LogP contribution is 2.26. The van der Waals surface area contributed by atoms with Gasteiger partial charge in [-0.05, 0) is 37.0 Å². The van der Waals surface area contributed by atoms with Gasteiger partial charge >= 0.3 is 0 Å². The molecule has 0 aliphatic rings. The van der Waals surface area contributed by atoms with Gasteiger partial charge in [0.05, 0.1) is 23.9 Å². The molecule has 2 aromatic rings. The zero-order valence-corrected chi connectivity index (χ0v) is 13.2. The largest absolute Gasteiger partial charge is 0.323 e. The monoisotopic (exact) mass is 321 g/mol. The van der Waals surface area contributed by atoms with E-state index < -0.39 is 0 Å². The second kappa shape index (κ2) is 5.88.